The second-order valence-corrected chi connectivity index (χ2v) is 7.22. The lowest BCUT2D eigenvalue weighted by Crippen LogP contribution is -2.15. The Bertz CT molecular complexity index is 1050. The van der Waals surface area contributed by atoms with Crippen molar-refractivity contribution < 1.29 is 28.8 Å². The average Bonchev–Trinajstić information content (AvgIpc) is 3.20. The fourth-order valence-electron chi connectivity index (χ4n) is 2.29. The van der Waals surface area contributed by atoms with Crippen LogP contribution in [-0.4, -0.2) is 47.8 Å². The number of nitro groups is 1. The molecule has 2 aromatic rings. The van der Waals surface area contributed by atoms with Gasteiger partial charge in [0.2, 0.25) is 11.0 Å². The van der Waals surface area contributed by atoms with Gasteiger partial charge in [0.1, 0.15) is 24.2 Å². The Morgan fingerprint density at radius 3 is 2.56 bits per heavy atom. The minimum Gasteiger partial charge on any atom is -0.495 e. The summed E-state index contributed by atoms with van der Waals surface area (Å²) < 4.78 is 10.1. The van der Waals surface area contributed by atoms with Crippen molar-refractivity contribution in [1.29, 1.82) is 0 Å². The number of nitrogens with one attached hydrogen (secondary N) is 2. The molecular formula is C18H20N6O7S. The van der Waals surface area contributed by atoms with Gasteiger partial charge in [0.15, 0.2) is 5.78 Å². The predicted molar refractivity (Wildman–Crippen MR) is 115 cm³/mol. The Hall–Kier alpha value is -3.94. The third kappa shape index (κ3) is 7.39. The molecule has 2 N–H and O–H groups in total. The third-order valence-corrected chi connectivity index (χ3v) is 4.45. The van der Waals surface area contributed by atoms with E-state index in [1.54, 1.807) is 6.07 Å². The van der Waals surface area contributed by atoms with Crippen LogP contribution in [0.4, 0.5) is 27.2 Å². The normalized spacial score (nSPS) is 10.6. The first-order valence-corrected chi connectivity index (χ1v) is 9.91. The monoisotopic (exact) mass is 464 g/mol. The molecule has 0 saturated heterocycles. The molecule has 0 aliphatic heterocycles. The third-order valence-electron chi connectivity index (χ3n) is 3.61. The molecule has 0 bridgehead atoms. The first kappa shape index (κ1) is 24.3. The molecule has 1 aromatic heterocycles. The first-order valence-electron chi connectivity index (χ1n) is 9.10. The second-order valence-electron chi connectivity index (χ2n) is 6.23. The molecule has 1 heterocycles. The zero-order valence-electron chi connectivity index (χ0n) is 17.4. The van der Waals surface area contributed by atoms with Crippen LogP contribution in [0.25, 0.3) is 0 Å². The van der Waals surface area contributed by atoms with Crippen molar-refractivity contribution >= 4 is 56.2 Å². The number of carbonyl (C=O) groups is 3. The van der Waals surface area contributed by atoms with Crippen molar-refractivity contribution in [1.82, 2.24) is 4.98 Å². The van der Waals surface area contributed by atoms with E-state index < -0.39 is 10.9 Å². The number of benzene rings is 1. The molecule has 32 heavy (non-hydrogen) atoms. The van der Waals surface area contributed by atoms with Crippen molar-refractivity contribution in [3.63, 3.8) is 0 Å². The van der Waals surface area contributed by atoms with E-state index in [-0.39, 0.29) is 52.8 Å². The van der Waals surface area contributed by atoms with E-state index in [0.29, 0.717) is 11.4 Å². The number of thiazole rings is 1. The highest BCUT2D eigenvalue weighted by molar-refractivity contribution is 7.18. The van der Waals surface area contributed by atoms with Gasteiger partial charge in [-0.2, -0.15) is 0 Å². The summed E-state index contributed by atoms with van der Waals surface area (Å²) in [6.07, 6.45) is 1.07. The molecule has 2 rings (SSSR count). The number of ketones is 1. The molecule has 0 aliphatic rings. The van der Waals surface area contributed by atoms with Crippen molar-refractivity contribution in [2.24, 2.45) is 10.2 Å². The number of aromatic nitrogens is 1. The largest absolute Gasteiger partial charge is 0.495 e. The molecule has 1 aromatic carbocycles. The summed E-state index contributed by atoms with van der Waals surface area (Å²) in [5, 5.41) is 24.2. The number of amides is 1. The van der Waals surface area contributed by atoms with Gasteiger partial charge in [-0.1, -0.05) is 0 Å². The minimum absolute atomic E-state index is 0.00378. The van der Waals surface area contributed by atoms with Crippen LogP contribution in [0.1, 0.15) is 20.3 Å². The second kappa shape index (κ2) is 11.5. The Balaban J connectivity index is 2.20. The summed E-state index contributed by atoms with van der Waals surface area (Å²) >= 11 is 0.746. The number of ether oxygens (including phenoxy) is 2. The number of anilines is 2. The van der Waals surface area contributed by atoms with Gasteiger partial charge in [-0.3, -0.25) is 24.5 Å². The van der Waals surface area contributed by atoms with E-state index in [9.17, 15) is 24.5 Å². The van der Waals surface area contributed by atoms with Crippen LogP contribution in [0.3, 0.4) is 0 Å². The molecular weight excluding hydrogens is 444 g/mol. The minimum atomic E-state index is -0.585. The van der Waals surface area contributed by atoms with Gasteiger partial charge in [-0.15, -0.1) is 10.2 Å². The summed E-state index contributed by atoms with van der Waals surface area (Å²) in [5.74, 6) is -0.827. The summed E-state index contributed by atoms with van der Waals surface area (Å²) in [6.45, 7) is 2.52. The van der Waals surface area contributed by atoms with Crippen LogP contribution in [0.2, 0.25) is 0 Å². The average molecular weight is 464 g/mol. The maximum atomic E-state index is 11.6. The summed E-state index contributed by atoms with van der Waals surface area (Å²) in [6, 6.07) is 3.03. The highest BCUT2D eigenvalue weighted by Gasteiger charge is 2.14. The SMILES string of the molecule is COc1cc(/N=N/c2ncc([N+](=O)[O-])s2)c(NC(C)=O)cc1NCCC(=O)OCC(C)=O. The maximum Gasteiger partial charge on any atom is 0.345 e. The molecule has 170 valence electrons. The summed E-state index contributed by atoms with van der Waals surface area (Å²) in [4.78, 5) is 48.1. The van der Waals surface area contributed by atoms with Crippen LogP contribution in [0.15, 0.2) is 28.6 Å². The van der Waals surface area contributed by atoms with Gasteiger partial charge in [0.05, 0.1) is 29.8 Å². The topological polar surface area (TPSA) is 174 Å². The van der Waals surface area contributed by atoms with Gasteiger partial charge in [-0.25, -0.2) is 4.98 Å². The molecule has 0 spiro atoms. The molecule has 0 saturated carbocycles. The van der Waals surface area contributed by atoms with E-state index in [0.717, 1.165) is 17.5 Å². The Morgan fingerprint density at radius 2 is 1.97 bits per heavy atom. The van der Waals surface area contributed by atoms with Gasteiger partial charge in [0.25, 0.3) is 0 Å². The Morgan fingerprint density at radius 1 is 1.22 bits per heavy atom. The number of hydrogen-bond donors (Lipinski definition) is 2. The van der Waals surface area contributed by atoms with E-state index in [1.165, 1.54) is 27.0 Å². The highest BCUT2D eigenvalue weighted by Crippen LogP contribution is 2.38. The molecule has 0 radical (unpaired) electrons. The standard InChI is InChI=1S/C18H20N6O7S/c1-10(25)9-31-17(27)4-5-19-14-6-12(21-11(2)26)13(7-15(14)30-3)22-23-18-20-8-16(32-18)24(28)29/h6-8,19H,4-5,9H2,1-3H3,(H,21,26)/b23-22+. The smallest absolute Gasteiger partial charge is 0.345 e. The molecule has 0 aliphatic carbocycles. The number of methoxy groups -OCH3 is 1. The fraction of sp³-hybridized carbons (Fsp3) is 0.333. The molecule has 0 unspecified atom stereocenters. The number of azo groups is 1. The van der Waals surface area contributed by atoms with E-state index in [2.05, 4.69) is 25.8 Å². The highest BCUT2D eigenvalue weighted by atomic mass is 32.1. The summed E-state index contributed by atoms with van der Waals surface area (Å²) in [5.41, 5.74) is 0.968. The lowest BCUT2D eigenvalue weighted by molar-refractivity contribution is -0.380. The van der Waals surface area contributed by atoms with Crippen molar-refractivity contribution in [2.75, 3.05) is 30.9 Å². The zero-order chi connectivity index (χ0) is 23.7. The number of Topliss-reactive ketones (excluding diaryl/α,β-unsaturated/α-hetero) is 1. The van der Waals surface area contributed by atoms with Gasteiger partial charge >= 0.3 is 11.0 Å². The lowest BCUT2D eigenvalue weighted by atomic mass is 10.2. The number of esters is 1. The van der Waals surface area contributed by atoms with Crippen LogP contribution < -0.4 is 15.4 Å². The molecule has 0 atom stereocenters. The zero-order valence-corrected chi connectivity index (χ0v) is 18.2. The van der Waals surface area contributed by atoms with E-state index in [4.69, 9.17) is 9.47 Å². The Labute approximate surface area is 186 Å². The van der Waals surface area contributed by atoms with Crippen molar-refractivity contribution in [3.05, 3.63) is 28.4 Å². The number of nitrogens with zero attached hydrogens (tertiary/aromatic N) is 4. The van der Waals surface area contributed by atoms with Crippen molar-refractivity contribution in [2.45, 2.75) is 20.3 Å². The van der Waals surface area contributed by atoms with Crippen LogP contribution in [-0.2, 0) is 19.1 Å². The van der Waals surface area contributed by atoms with Gasteiger partial charge in [0, 0.05) is 19.5 Å². The van der Waals surface area contributed by atoms with Crippen LogP contribution in [0.5, 0.6) is 5.75 Å². The number of carbonyl (C=O) groups excluding carboxylic acids is 3. The maximum absolute atomic E-state index is 11.6. The molecule has 13 nitrogen and oxygen atoms in total. The van der Waals surface area contributed by atoms with Crippen molar-refractivity contribution in [3.8, 4) is 5.75 Å². The van der Waals surface area contributed by atoms with Crippen LogP contribution >= 0.6 is 11.3 Å². The fourth-order valence-corrected chi connectivity index (χ4v) is 2.84. The molecule has 14 heteroatoms. The lowest BCUT2D eigenvalue weighted by Gasteiger charge is -2.15. The number of rotatable bonds is 11. The Kier molecular flexibility index (Phi) is 8.71. The molecule has 0 fully saturated rings. The summed E-state index contributed by atoms with van der Waals surface area (Å²) in [7, 11) is 1.42. The number of hydrogen-bond acceptors (Lipinski definition) is 12. The quantitative estimate of drug-likeness (QED) is 0.218. The first-order chi connectivity index (χ1) is 15.2. The van der Waals surface area contributed by atoms with Gasteiger partial charge in [-0.05, 0) is 24.3 Å². The predicted octanol–water partition coefficient (Wildman–Crippen LogP) is 3.37. The van der Waals surface area contributed by atoms with E-state index in [1.807, 2.05) is 0 Å². The molecule has 1 amide bonds. The van der Waals surface area contributed by atoms with Crippen LogP contribution in [0, 0.1) is 10.1 Å². The van der Waals surface area contributed by atoms with E-state index >= 15 is 0 Å². The van der Waals surface area contributed by atoms with Gasteiger partial charge < -0.3 is 20.1 Å².